The minimum atomic E-state index is -0.545. The fourth-order valence-corrected chi connectivity index (χ4v) is 1.63. The Hall–Kier alpha value is -1.10. The lowest BCUT2D eigenvalue weighted by molar-refractivity contribution is -0.124. The highest BCUT2D eigenvalue weighted by molar-refractivity contribution is 5.74. The molecule has 1 amide bonds. The van der Waals surface area contributed by atoms with Gasteiger partial charge in [-0.05, 0) is 18.8 Å². The first-order valence-corrected chi connectivity index (χ1v) is 4.66. The van der Waals surface area contributed by atoms with Crippen LogP contribution in [0.5, 0.6) is 0 Å². The normalized spacial score (nSPS) is 17.9. The molecule has 0 saturated carbocycles. The molecule has 0 aliphatic carbocycles. The first-order valence-electron chi connectivity index (χ1n) is 4.66. The lowest BCUT2D eigenvalue weighted by atomic mass is 9.98. The van der Waals surface area contributed by atoms with Crippen LogP contribution >= 0.6 is 0 Å². The number of carbonyl (C=O) groups is 2. The van der Waals surface area contributed by atoms with Crippen LogP contribution in [0.1, 0.15) is 12.8 Å². The summed E-state index contributed by atoms with van der Waals surface area (Å²) in [5.74, 6) is 0.514. The van der Waals surface area contributed by atoms with Crippen LogP contribution in [0.3, 0.4) is 0 Å². The second kappa shape index (κ2) is 5.59. The van der Waals surface area contributed by atoms with Crippen LogP contribution in [0.15, 0.2) is 0 Å². The Labute approximate surface area is 83.0 Å². The quantitative estimate of drug-likeness (QED) is 0.496. The number of hydrogen-bond acceptors (Lipinski definition) is 4. The average Bonchev–Trinajstić information content (AvgIpc) is 2.20. The van der Waals surface area contributed by atoms with Crippen LogP contribution in [0.25, 0.3) is 0 Å². The second-order valence-corrected chi connectivity index (χ2v) is 3.37. The van der Waals surface area contributed by atoms with Gasteiger partial charge in [-0.3, -0.25) is 4.79 Å². The lowest BCUT2D eigenvalue weighted by Crippen LogP contribution is -2.39. The van der Waals surface area contributed by atoms with Crippen LogP contribution in [0.2, 0.25) is 0 Å². The van der Waals surface area contributed by atoms with Crippen LogP contribution in [-0.4, -0.2) is 44.3 Å². The van der Waals surface area contributed by atoms with E-state index in [2.05, 4.69) is 4.74 Å². The first-order chi connectivity index (χ1) is 6.77. The minimum absolute atomic E-state index is 0.170. The lowest BCUT2D eigenvalue weighted by Gasteiger charge is -2.30. The van der Waals surface area contributed by atoms with E-state index >= 15 is 0 Å². The zero-order valence-electron chi connectivity index (χ0n) is 8.27. The Morgan fingerprint density at radius 3 is 2.64 bits per heavy atom. The molecule has 1 fully saturated rings. The molecule has 0 spiro atoms. The fraction of sp³-hybridized carbons (Fsp3) is 0.778. The number of ether oxygens (including phenoxy) is 2. The Morgan fingerprint density at radius 1 is 1.50 bits per heavy atom. The highest BCUT2D eigenvalue weighted by Gasteiger charge is 2.23. The first kappa shape index (κ1) is 11.0. The number of nitrogens with zero attached hydrogens (tertiary/aromatic N) is 1. The molecule has 5 nitrogen and oxygen atoms in total. The molecule has 1 heterocycles. The fourth-order valence-electron chi connectivity index (χ4n) is 1.63. The van der Waals surface area contributed by atoms with Crippen LogP contribution in [0.4, 0.5) is 4.79 Å². The third-order valence-electron chi connectivity index (χ3n) is 2.42. The number of rotatable bonds is 3. The van der Waals surface area contributed by atoms with Crippen LogP contribution < -0.4 is 0 Å². The summed E-state index contributed by atoms with van der Waals surface area (Å²) < 4.78 is 9.29. The van der Waals surface area contributed by atoms with Gasteiger partial charge in [0.05, 0.1) is 0 Å². The highest BCUT2D eigenvalue weighted by Crippen LogP contribution is 2.17. The van der Waals surface area contributed by atoms with Crippen molar-refractivity contribution in [1.82, 2.24) is 4.90 Å². The van der Waals surface area contributed by atoms with Gasteiger partial charge in [0, 0.05) is 26.8 Å². The molecule has 5 heteroatoms. The van der Waals surface area contributed by atoms with Gasteiger partial charge in [0.1, 0.15) is 0 Å². The largest absolute Gasteiger partial charge is 0.417 e. The van der Waals surface area contributed by atoms with E-state index in [0.29, 0.717) is 19.0 Å². The van der Waals surface area contributed by atoms with Gasteiger partial charge in [0.15, 0.2) is 0 Å². The van der Waals surface area contributed by atoms with Gasteiger partial charge in [-0.2, -0.15) is 0 Å². The van der Waals surface area contributed by atoms with Gasteiger partial charge in [-0.15, -0.1) is 0 Å². The third kappa shape index (κ3) is 2.99. The standard InChI is InChI=1S/C9H15NO4/c1-13-6-8-2-4-10(5-3-8)9(12)14-7-11/h7-8H,2-6H2,1H3. The summed E-state index contributed by atoms with van der Waals surface area (Å²) >= 11 is 0. The van der Waals surface area contributed by atoms with Crippen LogP contribution in [-0.2, 0) is 14.3 Å². The van der Waals surface area contributed by atoms with Crippen molar-refractivity contribution in [2.45, 2.75) is 12.8 Å². The summed E-state index contributed by atoms with van der Waals surface area (Å²) in [7, 11) is 1.67. The molecular weight excluding hydrogens is 186 g/mol. The number of amides is 1. The number of piperidine rings is 1. The van der Waals surface area contributed by atoms with E-state index in [1.54, 1.807) is 12.0 Å². The molecule has 80 valence electrons. The van der Waals surface area contributed by atoms with E-state index in [-0.39, 0.29) is 6.47 Å². The monoisotopic (exact) mass is 201 g/mol. The van der Waals surface area contributed by atoms with Crippen molar-refractivity contribution in [3.63, 3.8) is 0 Å². The zero-order valence-corrected chi connectivity index (χ0v) is 8.27. The van der Waals surface area contributed by atoms with Gasteiger partial charge in [-0.1, -0.05) is 0 Å². The molecule has 0 bridgehead atoms. The van der Waals surface area contributed by atoms with Crippen molar-refractivity contribution in [2.75, 3.05) is 26.8 Å². The number of likely N-dealkylation sites (tertiary alicyclic amines) is 1. The maximum Gasteiger partial charge on any atom is 0.417 e. The summed E-state index contributed by atoms with van der Waals surface area (Å²) in [6.07, 6.45) is 1.26. The zero-order chi connectivity index (χ0) is 10.4. The molecule has 1 rings (SSSR count). The minimum Gasteiger partial charge on any atom is -0.384 e. The smallest absolute Gasteiger partial charge is 0.384 e. The van der Waals surface area contributed by atoms with Crippen molar-refractivity contribution in [2.24, 2.45) is 5.92 Å². The molecule has 1 saturated heterocycles. The van der Waals surface area contributed by atoms with Crippen molar-refractivity contribution in [3.05, 3.63) is 0 Å². The Bertz CT molecular complexity index is 199. The SMILES string of the molecule is COCC1CCN(C(=O)OC=O)CC1. The molecule has 0 aromatic carbocycles. The van der Waals surface area contributed by atoms with E-state index < -0.39 is 6.09 Å². The van der Waals surface area contributed by atoms with Gasteiger partial charge >= 0.3 is 12.6 Å². The van der Waals surface area contributed by atoms with Gasteiger partial charge in [0.25, 0.3) is 0 Å². The van der Waals surface area contributed by atoms with E-state index in [9.17, 15) is 9.59 Å². The number of methoxy groups -OCH3 is 1. The molecule has 0 N–H and O–H groups in total. The molecule has 0 aromatic heterocycles. The summed E-state index contributed by atoms with van der Waals surface area (Å²) in [5, 5.41) is 0. The van der Waals surface area contributed by atoms with E-state index in [1.807, 2.05) is 0 Å². The molecule has 0 radical (unpaired) electrons. The van der Waals surface area contributed by atoms with Crippen molar-refractivity contribution < 1.29 is 19.1 Å². The van der Waals surface area contributed by atoms with E-state index in [0.717, 1.165) is 19.4 Å². The molecule has 1 aliphatic heterocycles. The molecule has 0 unspecified atom stereocenters. The van der Waals surface area contributed by atoms with Gasteiger partial charge < -0.3 is 14.4 Å². The topological polar surface area (TPSA) is 55.8 Å². The number of hydrogen-bond donors (Lipinski definition) is 0. The molecule has 1 aliphatic rings. The Balaban J connectivity index is 2.27. The van der Waals surface area contributed by atoms with Crippen LogP contribution in [0, 0.1) is 5.92 Å². The third-order valence-corrected chi connectivity index (χ3v) is 2.42. The maximum atomic E-state index is 11.1. The summed E-state index contributed by atoms with van der Waals surface area (Å²) in [5.41, 5.74) is 0. The maximum absolute atomic E-state index is 11.1. The van der Waals surface area contributed by atoms with Crippen molar-refractivity contribution >= 4 is 12.6 Å². The molecule has 0 atom stereocenters. The molecule has 0 aromatic rings. The summed E-state index contributed by atoms with van der Waals surface area (Å²) in [6, 6.07) is 0. The summed E-state index contributed by atoms with van der Waals surface area (Å²) in [4.78, 5) is 22.6. The Kier molecular flexibility index (Phi) is 4.39. The second-order valence-electron chi connectivity index (χ2n) is 3.37. The van der Waals surface area contributed by atoms with E-state index in [4.69, 9.17) is 4.74 Å². The predicted molar refractivity (Wildman–Crippen MR) is 48.7 cm³/mol. The van der Waals surface area contributed by atoms with Gasteiger partial charge in [0.2, 0.25) is 0 Å². The van der Waals surface area contributed by atoms with Crippen molar-refractivity contribution in [3.8, 4) is 0 Å². The molecule has 14 heavy (non-hydrogen) atoms. The Morgan fingerprint density at radius 2 is 2.14 bits per heavy atom. The highest BCUT2D eigenvalue weighted by atomic mass is 16.6. The van der Waals surface area contributed by atoms with E-state index in [1.165, 1.54) is 0 Å². The van der Waals surface area contributed by atoms with Crippen molar-refractivity contribution in [1.29, 1.82) is 0 Å². The molecular formula is C9H15NO4. The predicted octanol–water partition coefficient (Wildman–Crippen LogP) is 0.638. The average molecular weight is 201 g/mol. The van der Waals surface area contributed by atoms with Gasteiger partial charge in [-0.25, -0.2) is 4.79 Å². The number of carbonyl (C=O) groups excluding carboxylic acids is 2. The summed E-state index contributed by atoms with van der Waals surface area (Å²) in [6.45, 7) is 2.18.